The molecule has 1 aliphatic carbocycles. The van der Waals surface area contributed by atoms with Crippen LogP contribution in [0.5, 0.6) is 0 Å². The van der Waals surface area contributed by atoms with Crippen molar-refractivity contribution in [2.24, 2.45) is 22.2 Å². The highest BCUT2D eigenvalue weighted by Gasteiger charge is 2.52. The zero-order valence-corrected chi connectivity index (χ0v) is 11.5. The second kappa shape index (κ2) is 5.11. The van der Waals surface area contributed by atoms with Gasteiger partial charge >= 0.3 is 0 Å². The van der Waals surface area contributed by atoms with Gasteiger partial charge < -0.3 is 16.3 Å². The zero-order valence-electron chi connectivity index (χ0n) is 11.5. The van der Waals surface area contributed by atoms with Crippen LogP contribution in [-0.4, -0.2) is 17.0 Å². The maximum absolute atomic E-state index is 13.2. The van der Waals surface area contributed by atoms with Crippen LogP contribution in [0.1, 0.15) is 25.3 Å². The number of amidine groups is 1. The van der Waals surface area contributed by atoms with Crippen molar-refractivity contribution in [3.8, 4) is 0 Å². The highest BCUT2D eigenvalue weighted by Crippen LogP contribution is 2.46. The summed E-state index contributed by atoms with van der Waals surface area (Å²) in [5, 5.41) is 14.5. The van der Waals surface area contributed by atoms with Gasteiger partial charge in [-0.1, -0.05) is 18.1 Å². The Kier molecular flexibility index (Phi) is 3.65. The van der Waals surface area contributed by atoms with E-state index in [4.69, 9.17) is 10.9 Å². The van der Waals surface area contributed by atoms with Crippen molar-refractivity contribution in [1.29, 1.82) is 0 Å². The molecule has 5 nitrogen and oxygen atoms in total. The van der Waals surface area contributed by atoms with Crippen LogP contribution in [0.3, 0.4) is 0 Å². The van der Waals surface area contributed by atoms with Gasteiger partial charge in [0.05, 0.1) is 0 Å². The Balaban J connectivity index is 2.24. The molecule has 0 unspecified atom stereocenters. The van der Waals surface area contributed by atoms with Gasteiger partial charge in [-0.15, -0.1) is 0 Å². The zero-order chi connectivity index (χ0) is 14.9. The van der Waals surface area contributed by atoms with Crippen LogP contribution >= 0.6 is 0 Å². The summed E-state index contributed by atoms with van der Waals surface area (Å²) in [5.74, 6) is -0.554. The maximum Gasteiger partial charge on any atom is 0.238 e. The third-order valence-corrected chi connectivity index (χ3v) is 3.87. The van der Waals surface area contributed by atoms with Gasteiger partial charge in [0.1, 0.15) is 11.2 Å². The average Bonchev–Trinajstić information content (AvgIpc) is 2.38. The molecule has 6 heteroatoms. The third kappa shape index (κ3) is 2.33. The lowest BCUT2D eigenvalue weighted by Crippen LogP contribution is -2.54. The number of hydrogen-bond acceptors (Lipinski definition) is 3. The van der Waals surface area contributed by atoms with Crippen LogP contribution in [0.4, 0.5) is 10.1 Å². The van der Waals surface area contributed by atoms with Gasteiger partial charge in [-0.25, -0.2) is 4.39 Å². The molecule has 4 N–H and O–H groups in total. The Morgan fingerprint density at radius 2 is 2.20 bits per heavy atom. The standard InChI is InChI=1S/C14H18FN3O2/c1-8-6-14(7-8,12(16)18-20)13(19)17-11-5-10(15)4-3-9(11)2/h3-5,8,20H,6-7H2,1-2H3,(H2,16,18)(H,17,19). The summed E-state index contributed by atoms with van der Waals surface area (Å²) in [6, 6.07) is 4.18. The van der Waals surface area contributed by atoms with E-state index in [1.54, 1.807) is 13.0 Å². The molecule has 0 aromatic heterocycles. The van der Waals surface area contributed by atoms with Crippen molar-refractivity contribution < 1.29 is 14.4 Å². The highest BCUT2D eigenvalue weighted by molar-refractivity contribution is 6.12. The molecule has 108 valence electrons. The number of nitrogens with two attached hydrogens (primary N) is 1. The lowest BCUT2D eigenvalue weighted by molar-refractivity contribution is -0.127. The monoisotopic (exact) mass is 279 g/mol. The van der Waals surface area contributed by atoms with E-state index in [-0.39, 0.29) is 11.7 Å². The van der Waals surface area contributed by atoms with Gasteiger partial charge in [0.2, 0.25) is 5.91 Å². The van der Waals surface area contributed by atoms with E-state index in [0.29, 0.717) is 24.4 Å². The van der Waals surface area contributed by atoms with Crippen molar-refractivity contribution in [1.82, 2.24) is 0 Å². The van der Waals surface area contributed by atoms with Gasteiger partial charge in [0.25, 0.3) is 0 Å². The predicted octanol–water partition coefficient (Wildman–Crippen LogP) is 2.24. The van der Waals surface area contributed by atoms with Crippen molar-refractivity contribution in [2.75, 3.05) is 5.32 Å². The van der Waals surface area contributed by atoms with Crippen LogP contribution in [0.2, 0.25) is 0 Å². The van der Waals surface area contributed by atoms with E-state index < -0.39 is 11.2 Å². The fourth-order valence-corrected chi connectivity index (χ4v) is 2.71. The van der Waals surface area contributed by atoms with Crippen molar-refractivity contribution in [3.05, 3.63) is 29.6 Å². The van der Waals surface area contributed by atoms with Crippen LogP contribution < -0.4 is 11.1 Å². The SMILES string of the molecule is Cc1ccc(F)cc1NC(=O)C1(/C(N)=N/O)CC(C)C1. The summed E-state index contributed by atoms with van der Waals surface area (Å²) in [5.41, 5.74) is 5.82. The van der Waals surface area contributed by atoms with Gasteiger partial charge in [0.15, 0.2) is 5.84 Å². The number of nitrogens with zero attached hydrogens (tertiary/aromatic N) is 1. The lowest BCUT2D eigenvalue weighted by Gasteiger charge is -2.43. The van der Waals surface area contributed by atoms with E-state index in [2.05, 4.69) is 10.5 Å². The first kappa shape index (κ1) is 14.3. The van der Waals surface area contributed by atoms with Crippen LogP contribution in [0.25, 0.3) is 0 Å². The largest absolute Gasteiger partial charge is 0.409 e. The molecule has 0 bridgehead atoms. The molecule has 1 fully saturated rings. The predicted molar refractivity (Wildman–Crippen MR) is 74.0 cm³/mol. The summed E-state index contributed by atoms with van der Waals surface area (Å²) < 4.78 is 13.2. The number of carbonyl (C=O) groups excluding carboxylic acids is 1. The van der Waals surface area contributed by atoms with E-state index >= 15 is 0 Å². The lowest BCUT2D eigenvalue weighted by atomic mass is 9.61. The molecule has 1 amide bonds. The normalized spacial score (nSPS) is 25.9. The molecule has 0 heterocycles. The molecule has 0 aliphatic heterocycles. The topological polar surface area (TPSA) is 87.7 Å². The van der Waals surface area contributed by atoms with Gasteiger partial charge in [-0.2, -0.15) is 0 Å². The molecule has 0 saturated heterocycles. The van der Waals surface area contributed by atoms with Crippen LogP contribution in [0, 0.1) is 24.1 Å². The number of nitrogens with one attached hydrogen (secondary N) is 1. The smallest absolute Gasteiger partial charge is 0.238 e. The molecular weight excluding hydrogens is 261 g/mol. The Morgan fingerprint density at radius 3 is 2.75 bits per heavy atom. The minimum Gasteiger partial charge on any atom is -0.409 e. The molecule has 1 aromatic carbocycles. The number of rotatable bonds is 3. The Bertz CT molecular complexity index is 566. The first-order valence-corrected chi connectivity index (χ1v) is 6.44. The summed E-state index contributed by atoms with van der Waals surface area (Å²) in [6.07, 6.45) is 1.03. The minimum absolute atomic E-state index is 0.0952. The molecule has 0 atom stereocenters. The van der Waals surface area contributed by atoms with Crippen molar-refractivity contribution in [2.45, 2.75) is 26.7 Å². The number of amides is 1. The molecule has 2 rings (SSSR count). The number of hydrogen-bond donors (Lipinski definition) is 3. The van der Waals surface area contributed by atoms with Crippen LogP contribution in [-0.2, 0) is 4.79 Å². The first-order chi connectivity index (χ1) is 9.39. The van der Waals surface area contributed by atoms with Gasteiger partial charge in [-0.3, -0.25) is 4.79 Å². The number of carbonyl (C=O) groups is 1. The fourth-order valence-electron chi connectivity index (χ4n) is 2.71. The quantitative estimate of drug-likeness (QED) is 0.343. The van der Waals surface area contributed by atoms with Crippen molar-refractivity contribution >= 4 is 17.4 Å². The number of halogens is 1. The van der Waals surface area contributed by atoms with Gasteiger partial charge in [-0.05, 0) is 43.4 Å². The van der Waals surface area contributed by atoms with Crippen LogP contribution in [0.15, 0.2) is 23.4 Å². The van der Waals surface area contributed by atoms with Gasteiger partial charge in [0, 0.05) is 5.69 Å². The van der Waals surface area contributed by atoms with E-state index in [9.17, 15) is 9.18 Å². The van der Waals surface area contributed by atoms with Crippen molar-refractivity contribution in [3.63, 3.8) is 0 Å². The van der Waals surface area contributed by atoms with E-state index in [0.717, 1.165) is 5.56 Å². The molecule has 0 spiro atoms. The minimum atomic E-state index is -0.993. The molecule has 1 aromatic rings. The summed E-state index contributed by atoms with van der Waals surface area (Å²) in [6.45, 7) is 3.76. The molecule has 1 aliphatic rings. The third-order valence-electron chi connectivity index (χ3n) is 3.87. The Hall–Kier alpha value is -2.11. The Morgan fingerprint density at radius 1 is 1.55 bits per heavy atom. The number of anilines is 1. The number of oxime groups is 1. The summed E-state index contributed by atoms with van der Waals surface area (Å²) in [7, 11) is 0. The molecular formula is C14H18FN3O2. The number of aryl methyl sites for hydroxylation is 1. The highest BCUT2D eigenvalue weighted by atomic mass is 19.1. The van der Waals surface area contributed by atoms with E-state index in [1.807, 2.05) is 6.92 Å². The fraction of sp³-hybridized carbons (Fsp3) is 0.429. The number of benzene rings is 1. The molecule has 20 heavy (non-hydrogen) atoms. The molecule has 0 radical (unpaired) electrons. The van der Waals surface area contributed by atoms with E-state index in [1.165, 1.54) is 12.1 Å². The first-order valence-electron chi connectivity index (χ1n) is 6.44. The maximum atomic E-state index is 13.2. The molecule has 1 saturated carbocycles. The average molecular weight is 279 g/mol. The Labute approximate surface area is 116 Å². The summed E-state index contributed by atoms with van der Waals surface area (Å²) >= 11 is 0. The second-order valence-corrected chi connectivity index (χ2v) is 5.49. The summed E-state index contributed by atoms with van der Waals surface area (Å²) in [4.78, 5) is 12.4. The second-order valence-electron chi connectivity index (χ2n) is 5.49.